The van der Waals surface area contributed by atoms with E-state index < -0.39 is 0 Å². The molecule has 3 heterocycles. The summed E-state index contributed by atoms with van der Waals surface area (Å²) >= 11 is 0. The molecule has 0 saturated carbocycles. The Bertz CT molecular complexity index is 886. The predicted octanol–water partition coefficient (Wildman–Crippen LogP) is 2.54. The maximum absolute atomic E-state index is 12.6. The molecule has 26 heavy (non-hydrogen) atoms. The number of pyridine rings is 1. The molecular formula is C20H23N5O. The van der Waals surface area contributed by atoms with Crippen molar-refractivity contribution in [2.24, 2.45) is 0 Å². The van der Waals surface area contributed by atoms with Crippen molar-refractivity contribution < 1.29 is 4.79 Å². The van der Waals surface area contributed by atoms with Crippen LogP contribution in [0, 0.1) is 0 Å². The molecule has 0 aliphatic carbocycles. The van der Waals surface area contributed by atoms with Crippen molar-refractivity contribution in [3.63, 3.8) is 0 Å². The number of amides is 2. The molecule has 4 rings (SSSR count). The van der Waals surface area contributed by atoms with Gasteiger partial charge in [-0.2, -0.15) is 0 Å². The first-order valence-corrected chi connectivity index (χ1v) is 8.95. The molecule has 1 aliphatic heterocycles. The summed E-state index contributed by atoms with van der Waals surface area (Å²) in [5.41, 5.74) is 4.30. The van der Waals surface area contributed by atoms with Crippen LogP contribution in [-0.2, 0) is 13.0 Å². The van der Waals surface area contributed by atoms with Crippen molar-refractivity contribution in [3.05, 3.63) is 66.1 Å². The van der Waals surface area contributed by atoms with Crippen molar-refractivity contribution >= 4 is 17.4 Å². The molecule has 1 aliphatic rings. The van der Waals surface area contributed by atoms with Gasteiger partial charge in [-0.3, -0.25) is 0 Å². The summed E-state index contributed by atoms with van der Waals surface area (Å²) in [7, 11) is 2.07. The summed E-state index contributed by atoms with van der Waals surface area (Å²) in [5.74, 6) is 0. The molecule has 0 fully saturated rings. The monoisotopic (exact) mass is 349 g/mol. The zero-order valence-electron chi connectivity index (χ0n) is 14.9. The van der Waals surface area contributed by atoms with E-state index in [4.69, 9.17) is 0 Å². The first-order chi connectivity index (χ1) is 12.7. The molecule has 1 N–H and O–H groups in total. The maximum Gasteiger partial charge on any atom is 0.317 e. The number of carbonyl (C=O) groups excluding carboxylic acids is 1. The molecule has 0 radical (unpaired) electrons. The molecule has 0 unspecified atom stereocenters. The highest BCUT2D eigenvalue weighted by molar-refractivity contribution is 5.75. The van der Waals surface area contributed by atoms with E-state index in [1.165, 1.54) is 11.3 Å². The number of anilines is 1. The number of benzene rings is 1. The van der Waals surface area contributed by atoms with E-state index >= 15 is 0 Å². The van der Waals surface area contributed by atoms with Gasteiger partial charge < -0.3 is 19.5 Å². The third kappa shape index (κ3) is 3.35. The average Bonchev–Trinajstić information content (AvgIpc) is 2.99. The Balaban J connectivity index is 1.36. The van der Waals surface area contributed by atoms with Crippen LogP contribution in [0.15, 0.2) is 54.9 Å². The topological polar surface area (TPSA) is 52.9 Å². The second-order valence-corrected chi connectivity index (χ2v) is 6.65. The summed E-state index contributed by atoms with van der Waals surface area (Å²) < 4.78 is 2.00. The molecule has 0 spiro atoms. The van der Waals surface area contributed by atoms with Gasteiger partial charge in [0.2, 0.25) is 0 Å². The van der Waals surface area contributed by atoms with Crippen molar-refractivity contribution in [1.29, 1.82) is 0 Å². The van der Waals surface area contributed by atoms with E-state index in [-0.39, 0.29) is 6.03 Å². The molecular weight excluding hydrogens is 326 g/mol. The van der Waals surface area contributed by atoms with Gasteiger partial charge in [0.1, 0.15) is 5.65 Å². The molecule has 6 nitrogen and oxygen atoms in total. The SMILES string of the molecule is CN1CCN(C(=O)NCCc2cn3ccccc3n2)Cc2ccccc21. The van der Waals surface area contributed by atoms with E-state index in [0.717, 1.165) is 24.3 Å². The van der Waals surface area contributed by atoms with Crippen molar-refractivity contribution in [3.8, 4) is 0 Å². The van der Waals surface area contributed by atoms with Crippen LogP contribution in [0.4, 0.5) is 10.5 Å². The number of carbonyl (C=O) groups is 1. The minimum Gasteiger partial charge on any atom is -0.373 e. The second kappa shape index (κ2) is 7.07. The summed E-state index contributed by atoms with van der Waals surface area (Å²) in [4.78, 5) is 21.3. The molecule has 3 aromatic rings. The second-order valence-electron chi connectivity index (χ2n) is 6.65. The number of likely N-dealkylation sites (N-methyl/N-ethyl adjacent to an activating group) is 1. The van der Waals surface area contributed by atoms with Crippen LogP contribution in [-0.4, -0.2) is 47.0 Å². The van der Waals surface area contributed by atoms with Gasteiger partial charge in [0.05, 0.1) is 5.69 Å². The van der Waals surface area contributed by atoms with Gasteiger partial charge in [0.25, 0.3) is 0 Å². The van der Waals surface area contributed by atoms with Crippen LogP contribution in [0.1, 0.15) is 11.3 Å². The molecule has 0 atom stereocenters. The number of hydrogen-bond acceptors (Lipinski definition) is 3. The number of urea groups is 1. The van der Waals surface area contributed by atoms with Crippen LogP contribution in [0.3, 0.4) is 0 Å². The molecule has 6 heteroatoms. The average molecular weight is 349 g/mol. The molecule has 1 aromatic carbocycles. The van der Waals surface area contributed by atoms with Crippen molar-refractivity contribution in [2.45, 2.75) is 13.0 Å². The normalized spacial score (nSPS) is 14.2. The fourth-order valence-corrected chi connectivity index (χ4v) is 3.38. The lowest BCUT2D eigenvalue weighted by Gasteiger charge is -2.21. The highest BCUT2D eigenvalue weighted by atomic mass is 16.2. The van der Waals surface area contributed by atoms with Crippen LogP contribution in [0.2, 0.25) is 0 Å². The quantitative estimate of drug-likeness (QED) is 0.791. The number of para-hydroxylation sites is 1. The first kappa shape index (κ1) is 16.4. The Labute approximate surface area is 153 Å². The zero-order chi connectivity index (χ0) is 17.9. The molecule has 2 aromatic heterocycles. The fraction of sp³-hybridized carbons (Fsp3) is 0.300. The summed E-state index contributed by atoms with van der Waals surface area (Å²) in [6.07, 6.45) is 4.71. The number of nitrogens with zero attached hydrogens (tertiary/aromatic N) is 4. The smallest absolute Gasteiger partial charge is 0.317 e. The van der Waals surface area contributed by atoms with Crippen LogP contribution >= 0.6 is 0 Å². The number of fused-ring (bicyclic) bond motifs is 2. The van der Waals surface area contributed by atoms with Gasteiger partial charge in [-0.05, 0) is 23.8 Å². The van der Waals surface area contributed by atoms with E-state index in [1.54, 1.807) is 0 Å². The van der Waals surface area contributed by atoms with E-state index in [0.29, 0.717) is 19.6 Å². The predicted molar refractivity (Wildman–Crippen MR) is 102 cm³/mol. The summed E-state index contributed by atoms with van der Waals surface area (Å²) in [6.45, 7) is 2.76. The van der Waals surface area contributed by atoms with Crippen molar-refractivity contribution in [1.82, 2.24) is 19.6 Å². The molecule has 0 bridgehead atoms. The van der Waals surface area contributed by atoms with E-state index in [1.807, 2.05) is 52.0 Å². The minimum atomic E-state index is -0.0149. The number of nitrogens with one attached hydrogen (secondary N) is 1. The van der Waals surface area contributed by atoms with E-state index in [9.17, 15) is 4.79 Å². The van der Waals surface area contributed by atoms with Gasteiger partial charge in [-0.15, -0.1) is 0 Å². The lowest BCUT2D eigenvalue weighted by Crippen LogP contribution is -2.42. The molecule has 2 amide bonds. The van der Waals surface area contributed by atoms with Gasteiger partial charge in [-0.1, -0.05) is 24.3 Å². The fourth-order valence-electron chi connectivity index (χ4n) is 3.38. The maximum atomic E-state index is 12.6. The van der Waals surface area contributed by atoms with Crippen molar-refractivity contribution in [2.75, 3.05) is 31.6 Å². The largest absolute Gasteiger partial charge is 0.373 e. The lowest BCUT2D eigenvalue weighted by molar-refractivity contribution is 0.198. The van der Waals surface area contributed by atoms with Gasteiger partial charge in [0, 0.05) is 57.7 Å². The Kier molecular flexibility index (Phi) is 4.48. The number of imidazole rings is 1. The molecule has 0 saturated heterocycles. The van der Waals surface area contributed by atoms with Gasteiger partial charge in [0.15, 0.2) is 0 Å². The van der Waals surface area contributed by atoms with Crippen LogP contribution < -0.4 is 10.2 Å². The number of hydrogen-bond donors (Lipinski definition) is 1. The summed E-state index contributed by atoms with van der Waals surface area (Å²) in [5, 5.41) is 3.04. The van der Waals surface area contributed by atoms with Crippen LogP contribution in [0.5, 0.6) is 0 Å². The third-order valence-electron chi connectivity index (χ3n) is 4.83. The Morgan fingerprint density at radius 1 is 1.15 bits per heavy atom. The Hall–Kier alpha value is -3.02. The standard InChI is InChI=1S/C20H23N5O/c1-23-12-13-25(14-16-6-2-3-7-18(16)23)20(26)21-10-9-17-15-24-11-5-4-8-19(24)22-17/h2-8,11,15H,9-10,12-14H2,1H3,(H,21,26). The minimum absolute atomic E-state index is 0.0149. The van der Waals surface area contributed by atoms with Crippen LogP contribution in [0.25, 0.3) is 5.65 Å². The third-order valence-corrected chi connectivity index (χ3v) is 4.83. The van der Waals surface area contributed by atoms with E-state index in [2.05, 4.69) is 34.4 Å². The number of rotatable bonds is 3. The zero-order valence-corrected chi connectivity index (χ0v) is 14.9. The Morgan fingerprint density at radius 2 is 2.00 bits per heavy atom. The van der Waals surface area contributed by atoms with Gasteiger partial charge >= 0.3 is 6.03 Å². The Morgan fingerprint density at radius 3 is 2.88 bits per heavy atom. The van der Waals surface area contributed by atoms with Gasteiger partial charge in [-0.25, -0.2) is 9.78 Å². The molecule has 134 valence electrons. The lowest BCUT2D eigenvalue weighted by atomic mass is 10.1. The highest BCUT2D eigenvalue weighted by Crippen LogP contribution is 2.23. The highest BCUT2D eigenvalue weighted by Gasteiger charge is 2.20. The first-order valence-electron chi connectivity index (χ1n) is 8.95. The summed E-state index contributed by atoms with van der Waals surface area (Å²) in [6, 6.07) is 14.2. The number of aromatic nitrogens is 2.